The standard InChI is InChI=1S/C11H9N2/c1-9-11(7-12-8-13-9)10-5-3-2-4-6-10/h2-7H,1H3. The fourth-order valence-corrected chi connectivity index (χ4v) is 1.25. The van der Waals surface area contributed by atoms with Crippen LogP contribution in [-0.2, 0) is 0 Å². The Balaban J connectivity index is 2.54. The van der Waals surface area contributed by atoms with Crippen LogP contribution in [0.5, 0.6) is 0 Å². The van der Waals surface area contributed by atoms with E-state index in [1.54, 1.807) is 6.20 Å². The molecule has 0 saturated carbocycles. The van der Waals surface area contributed by atoms with Crippen molar-refractivity contribution in [1.29, 1.82) is 0 Å². The van der Waals surface area contributed by atoms with Gasteiger partial charge in [0.25, 0.3) is 0 Å². The highest BCUT2D eigenvalue weighted by atomic mass is 14.8. The third-order valence-electron chi connectivity index (χ3n) is 1.94. The first kappa shape index (κ1) is 7.92. The average molecular weight is 169 g/mol. The number of aryl methyl sites for hydroxylation is 1. The van der Waals surface area contributed by atoms with Gasteiger partial charge in [-0.05, 0) is 12.5 Å². The molecule has 0 unspecified atom stereocenters. The number of hydrogen-bond donors (Lipinski definition) is 0. The van der Waals surface area contributed by atoms with Crippen molar-refractivity contribution in [2.75, 3.05) is 0 Å². The molecule has 2 aromatic rings. The van der Waals surface area contributed by atoms with Crippen LogP contribution in [0.15, 0.2) is 36.5 Å². The van der Waals surface area contributed by atoms with Gasteiger partial charge in [0.1, 0.15) is 0 Å². The first-order chi connectivity index (χ1) is 6.38. The monoisotopic (exact) mass is 169 g/mol. The highest BCUT2D eigenvalue weighted by Crippen LogP contribution is 2.19. The van der Waals surface area contributed by atoms with Gasteiger partial charge in [-0.15, -0.1) is 0 Å². The van der Waals surface area contributed by atoms with Crippen molar-refractivity contribution < 1.29 is 0 Å². The van der Waals surface area contributed by atoms with Gasteiger partial charge in [-0.3, -0.25) is 0 Å². The van der Waals surface area contributed by atoms with Crippen molar-refractivity contribution in [2.24, 2.45) is 0 Å². The van der Waals surface area contributed by atoms with E-state index in [2.05, 4.69) is 16.3 Å². The van der Waals surface area contributed by atoms with E-state index in [1.165, 1.54) is 0 Å². The Kier molecular flexibility index (Phi) is 2.04. The number of rotatable bonds is 1. The Morgan fingerprint density at radius 1 is 1.15 bits per heavy atom. The maximum atomic E-state index is 4.02. The van der Waals surface area contributed by atoms with Crippen LogP contribution in [0.4, 0.5) is 0 Å². The predicted octanol–water partition coefficient (Wildman–Crippen LogP) is 2.25. The molecule has 1 heterocycles. The molecule has 0 saturated heterocycles. The molecule has 2 heteroatoms. The molecule has 1 aromatic carbocycles. The molecule has 0 N–H and O–H groups in total. The average Bonchev–Trinajstić information content (AvgIpc) is 2.20. The zero-order valence-corrected chi connectivity index (χ0v) is 7.36. The summed E-state index contributed by atoms with van der Waals surface area (Å²) >= 11 is 0. The second kappa shape index (κ2) is 3.35. The molecule has 1 aromatic heterocycles. The molecule has 0 spiro atoms. The second-order valence-electron chi connectivity index (χ2n) is 2.84. The summed E-state index contributed by atoms with van der Waals surface area (Å²) in [5, 5.41) is 0. The van der Waals surface area contributed by atoms with Crippen LogP contribution in [0, 0.1) is 13.3 Å². The van der Waals surface area contributed by atoms with Gasteiger partial charge in [-0.2, -0.15) is 0 Å². The van der Waals surface area contributed by atoms with Gasteiger partial charge in [0.15, 0.2) is 6.33 Å². The maximum absolute atomic E-state index is 4.02. The van der Waals surface area contributed by atoms with Crippen LogP contribution < -0.4 is 0 Å². The van der Waals surface area contributed by atoms with E-state index in [4.69, 9.17) is 0 Å². The minimum atomic E-state index is 0.959. The Labute approximate surface area is 77.3 Å². The summed E-state index contributed by atoms with van der Waals surface area (Å²) in [6.45, 7) is 1.96. The summed E-state index contributed by atoms with van der Waals surface area (Å²) in [4.78, 5) is 7.91. The van der Waals surface area contributed by atoms with E-state index in [0.717, 1.165) is 16.8 Å². The summed E-state index contributed by atoms with van der Waals surface area (Å²) < 4.78 is 0. The molecule has 0 fully saturated rings. The van der Waals surface area contributed by atoms with E-state index < -0.39 is 0 Å². The fourth-order valence-electron chi connectivity index (χ4n) is 1.25. The van der Waals surface area contributed by atoms with Gasteiger partial charge >= 0.3 is 0 Å². The normalized spacial score (nSPS) is 9.92. The van der Waals surface area contributed by atoms with Crippen molar-refractivity contribution >= 4 is 0 Å². The quantitative estimate of drug-likeness (QED) is 0.654. The van der Waals surface area contributed by atoms with E-state index in [9.17, 15) is 0 Å². The second-order valence-corrected chi connectivity index (χ2v) is 2.84. The molecule has 0 aliphatic carbocycles. The first-order valence-corrected chi connectivity index (χ1v) is 4.13. The predicted molar refractivity (Wildman–Crippen MR) is 51.0 cm³/mol. The van der Waals surface area contributed by atoms with E-state index >= 15 is 0 Å². The fraction of sp³-hybridized carbons (Fsp3) is 0.0909. The lowest BCUT2D eigenvalue weighted by molar-refractivity contribution is 1.09. The summed E-state index contributed by atoms with van der Waals surface area (Å²) in [5.74, 6) is 0. The zero-order chi connectivity index (χ0) is 9.10. The summed E-state index contributed by atoms with van der Waals surface area (Å²) in [5.41, 5.74) is 3.18. The minimum Gasteiger partial charge on any atom is -0.233 e. The van der Waals surface area contributed by atoms with E-state index in [0.29, 0.717) is 0 Å². The molecular formula is C11H9N2. The van der Waals surface area contributed by atoms with Gasteiger partial charge in [0, 0.05) is 17.5 Å². The van der Waals surface area contributed by atoms with Crippen LogP contribution in [0.3, 0.4) is 0 Å². The molecular weight excluding hydrogens is 160 g/mol. The third-order valence-corrected chi connectivity index (χ3v) is 1.94. The van der Waals surface area contributed by atoms with Crippen molar-refractivity contribution in [1.82, 2.24) is 9.97 Å². The van der Waals surface area contributed by atoms with Crippen LogP contribution in [-0.4, -0.2) is 9.97 Å². The molecule has 63 valence electrons. The van der Waals surface area contributed by atoms with Crippen molar-refractivity contribution in [3.8, 4) is 11.1 Å². The lowest BCUT2D eigenvalue weighted by Gasteiger charge is -2.02. The summed E-state index contributed by atoms with van der Waals surface area (Å²) in [7, 11) is 0. The largest absolute Gasteiger partial charge is 0.233 e. The number of aromatic nitrogens is 2. The van der Waals surface area contributed by atoms with Crippen molar-refractivity contribution in [2.45, 2.75) is 6.92 Å². The van der Waals surface area contributed by atoms with Crippen LogP contribution in [0.2, 0.25) is 0 Å². The number of nitrogens with zero attached hydrogens (tertiary/aromatic N) is 2. The Morgan fingerprint density at radius 2 is 1.92 bits per heavy atom. The first-order valence-electron chi connectivity index (χ1n) is 4.13. The Morgan fingerprint density at radius 3 is 2.62 bits per heavy atom. The topological polar surface area (TPSA) is 25.8 Å². The molecule has 0 atom stereocenters. The highest BCUT2D eigenvalue weighted by molar-refractivity contribution is 5.64. The van der Waals surface area contributed by atoms with Gasteiger partial charge in [0.05, 0.1) is 0 Å². The van der Waals surface area contributed by atoms with Gasteiger partial charge in [-0.25, -0.2) is 9.97 Å². The van der Waals surface area contributed by atoms with Crippen LogP contribution >= 0.6 is 0 Å². The van der Waals surface area contributed by atoms with E-state index in [-0.39, 0.29) is 0 Å². The van der Waals surface area contributed by atoms with E-state index in [1.807, 2.05) is 37.3 Å². The third kappa shape index (κ3) is 1.56. The maximum Gasteiger partial charge on any atom is 0.197 e. The Bertz CT molecular complexity index is 396. The molecule has 1 radical (unpaired) electrons. The van der Waals surface area contributed by atoms with Gasteiger partial charge in [0.2, 0.25) is 0 Å². The molecule has 2 nitrogen and oxygen atoms in total. The summed E-state index contributed by atoms with van der Waals surface area (Å²) in [6, 6.07) is 10.1. The van der Waals surface area contributed by atoms with Crippen LogP contribution in [0.25, 0.3) is 11.1 Å². The minimum absolute atomic E-state index is 0.959. The SMILES string of the molecule is Cc1n[c]ncc1-c1ccccc1. The molecule has 0 aliphatic heterocycles. The molecule has 0 aliphatic rings. The molecule has 0 amide bonds. The molecule has 2 rings (SSSR count). The molecule has 0 bridgehead atoms. The zero-order valence-electron chi connectivity index (χ0n) is 7.36. The van der Waals surface area contributed by atoms with Crippen molar-refractivity contribution in [3.63, 3.8) is 0 Å². The van der Waals surface area contributed by atoms with Gasteiger partial charge in [-0.1, -0.05) is 30.3 Å². The lowest BCUT2D eigenvalue weighted by Crippen LogP contribution is -1.88. The highest BCUT2D eigenvalue weighted by Gasteiger charge is 2.00. The van der Waals surface area contributed by atoms with Crippen molar-refractivity contribution in [3.05, 3.63) is 48.5 Å². The number of hydrogen-bond acceptors (Lipinski definition) is 2. The molecule has 13 heavy (non-hydrogen) atoms. The lowest BCUT2D eigenvalue weighted by atomic mass is 10.1. The Hall–Kier alpha value is -1.70. The summed E-state index contributed by atoms with van der Waals surface area (Å²) in [6.07, 6.45) is 4.36. The smallest absolute Gasteiger partial charge is 0.197 e. The van der Waals surface area contributed by atoms with Gasteiger partial charge < -0.3 is 0 Å². The van der Waals surface area contributed by atoms with Crippen LogP contribution in [0.1, 0.15) is 5.69 Å². The number of benzene rings is 1.